The molecule has 0 saturated carbocycles. The second-order valence-electron chi connectivity index (χ2n) is 3.44. The summed E-state index contributed by atoms with van der Waals surface area (Å²) in [7, 11) is 0. The van der Waals surface area contributed by atoms with Crippen molar-refractivity contribution in [2.45, 2.75) is 32.3 Å². The monoisotopic (exact) mass is 218 g/mol. The fourth-order valence-corrected chi connectivity index (χ4v) is 1.29. The Hall–Kier alpha value is -1.03. The van der Waals surface area contributed by atoms with Gasteiger partial charge in [-0.15, -0.1) is 0 Å². The molecule has 0 aliphatic carbocycles. The summed E-state index contributed by atoms with van der Waals surface area (Å²) in [5.41, 5.74) is 0.0985. The topological polar surface area (TPSA) is 20.2 Å². The fraction of sp³-hybridized carbons (Fsp3) is 0.455. The molecule has 0 bridgehead atoms. The minimum absolute atomic E-state index is 0.0985. The molecule has 0 saturated heterocycles. The Morgan fingerprint density at radius 2 is 1.87 bits per heavy atom. The van der Waals surface area contributed by atoms with Crippen molar-refractivity contribution in [3.63, 3.8) is 0 Å². The average Bonchev–Trinajstić information content (AvgIpc) is 2.24. The molecule has 1 rings (SSSR count). The van der Waals surface area contributed by atoms with E-state index < -0.39 is 23.6 Å². The number of benzene rings is 1. The first-order valence-corrected chi connectivity index (χ1v) is 4.86. The van der Waals surface area contributed by atoms with Crippen molar-refractivity contribution in [3.8, 4) is 0 Å². The fourth-order valence-electron chi connectivity index (χ4n) is 1.29. The van der Waals surface area contributed by atoms with E-state index in [2.05, 4.69) is 0 Å². The summed E-state index contributed by atoms with van der Waals surface area (Å²) in [5, 5.41) is 9.24. The van der Waals surface area contributed by atoms with Crippen molar-refractivity contribution in [2.75, 3.05) is 0 Å². The van der Waals surface area contributed by atoms with Gasteiger partial charge in [0.15, 0.2) is 17.5 Å². The van der Waals surface area contributed by atoms with Gasteiger partial charge in [-0.1, -0.05) is 13.0 Å². The first kappa shape index (κ1) is 12.0. The second-order valence-corrected chi connectivity index (χ2v) is 3.44. The van der Waals surface area contributed by atoms with Gasteiger partial charge in [-0.25, -0.2) is 13.2 Å². The zero-order valence-corrected chi connectivity index (χ0v) is 8.43. The maximum Gasteiger partial charge on any atom is 0.194 e. The Kier molecular flexibility index (Phi) is 4.15. The number of hydrogen-bond donors (Lipinski definition) is 1. The zero-order chi connectivity index (χ0) is 11.4. The molecule has 1 atom stereocenters. The van der Waals surface area contributed by atoms with Gasteiger partial charge < -0.3 is 5.11 Å². The van der Waals surface area contributed by atoms with Gasteiger partial charge in [0.1, 0.15) is 0 Å². The van der Waals surface area contributed by atoms with Crippen molar-refractivity contribution < 1.29 is 18.3 Å². The van der Waals surface area contributed by atoms with Crippen molar-refractivity contribution >= 4 is 0 Å². The van der Waals surface area contributed by atoms with Crippen LogP contribution in [0.2, 0.25) is 0 Å². The third kappa shape index (κ3) is 2.96. The van der Waals surface area contributed by atoms with Crippen LogP contribution in [0.3, 0.4) is 0 Å². The van der Waals surface area contributed by atoms with Gasteiger partial charge >= 0.3 is 0 Å². The number of aliphatic hydroxyl groups is 1. The highest BCUT2D eigenvalue weighted by atomic mass is 19.2. The molecule has 1 unspecified atom stereocenters. The lowest BCUT2D eigenvalue weighted by Crippen LogP contribution is -2.07. The third-order valence-corrected chi connectivity index (χ3v) is 2.33. The van der Waals surface area contributed by atoms with E-state index in [1.54, 1.807) is 6.92 Å². The van der Waals surface area contributed by atoms with Crippen LogP contribution < -0.4 is 0 Å². The Labute approximate surface area is 86.5 Å². The van der Waals surface area contributed by atoms with Crippen molar-refractivity contribution in [1.82, 2.24) is 0 Å². The molecule has 1 nitrogen and oxygen atoms in total. The molecular formula is C11H13F3O. The van der Waals surface area contributed by atoms with Gasteiger partial charge in [-0.2, -0.15) is 0 Å². The third-order valence-electron chi connectivity index (χ3n) is 2.33. The number of rotatable bonds is 4. The van der Waals surface area contributed by atoms with E-state index in [0.29, 0.717) is 12.8 Å². The van der Waals surface area contributed by atoms with E-state index in [1.807, 2.05) is 0 Å². The predicted octanol–water partition coefficient (Wildman–Crippen LogP) is 2.81. The summed E-state index contributed by atoms with van der Waals surface area (Å²) in [6.45, 7) is 1.80. The maximum absolute atomic E-state index is 13.1. The van der Waals surface area contributed by atoms with Crippen LogP contribution >= 0.6 is 0 Å². The largest absolute Gasteiger partial charge is 0.393 e. The normalized spacial score (nSPS) is 12.9. The van der Waals surface area contributed by atoms with Gasteiger partial charge in [0.25, 0.3) is 0 Å². The van der Waals surface area contributed by atoms with Crippen LogP contribution in [0.1, 0.15) is 25.3 Å². The van der Waals surface area contributed by atoms with Crippen LogP contribution in [-0.4, -0.2) is 11.2 Å². The lowest BCUT2D eigenvalue weighted by atomic mass is 10.0. The predicted molar refractivity (Wildman–Crippen MR) is 50.9 cm³/mol. The molecule has 0 spiro atoms. The molecule has 0 aliphatic rings. The lowest BCUT2D eigenvalue weighted by molar-refractivity contribution is 0.160. The Balaban J connectivity index is 2.74. The number of aliphatic hydroxyl groups excluding tert-OH is 1. The molecular weight excluding hydrogens is 205 g/mol. The number of aryl methyl sites for hydroxylation is 1. The summed E-state index contributed by atoms with van der Waals surface area (Å²) >= 11 is 0. The van der Waals surface area contributed by atoms with E-state index in [1.165, 1.54) is 6.07 Å². The molecule has 0 fully saturated rings. The molecule has 0 radical (unpaired) electrons. The summed E-state index contributed by atoms with van der Waals surface area (Å²) in [6, 6.07) is 2.10. The quantitative estimate of drug-likeness (QED) is 0.770. The van der Waals surface area contributed by atoms with Crippen molar-refractivity contribution in [3.05, 3.63) is 35.1 Å². The van der Waals surface area contributed by atoms with Gasteiger partial charge in [0.05, 0.1) is 6.10 Å². The van der Waals surface area contributed by atoms with Crippen LogP contribution in [0.5, 0.6) is 0 Å². The minimum atomic E-state index is -1.45. The van der Waals surface area contributed by atoms with Crippen molar-refractivity contribution in [1.29, 1.82) is 0 Å². The Morgan fingerprint density at radius 1 is 1.20 bits per heavy atom. The maximum atomic E-state index is 13.1. The summed E-state index contributed by atoms with van der Waals surface area (Å²) in [6.07, 6.45) is 0.583. The lowest BCUT2D eigenvalue weighted by Gasteiger charge is -2.08. The SMILES string of the molecule is CCC(O)CCc1ccc(F)c(F)c1F. The number of hydrogen-bond acceptors (Lipinski definition) is 1. The molecule has 0 amide bonds. The summed E-state index contributed by atoms with van der Waals surface area (Å²) in [4.78, 5) is 0. The molecule has 84 valence electrons. The van der Waals surface area contributed by atoms with Gasteiger partial charge in [0.2, 0.25) is 0 Å². The molecule has 1 aromatic carbocycles. The first-order chi connectivity index (χ1) is 7.06. The smallest absolute Gasteiger partial charge is 0.194 e. The van der Waals surface area contributed by atoms with Crippen LogP contribution in [0, 0.1) is 17.5 Å². The molecule has 0 heterocycles. The number of halogens is 3. The highest BCUT2D eigenvalue weighted by Gasteiger charge is 2.13. The van der Waals surface area contributed by atoms with Crippen molar-refractivity contribution in [2.24, 2.45) is 0 Å². The molecule has 0 aromatic heterocycles. The summed E-state index contributed by atoms with van der Waals surface area (Å²) < 4.78 is 38.5. The van der Waals surface area contributed by atoms with Crippen LogP contribution in [0.25, 0.3) is 0 Å². The summed E-state index contributed by atoms with van der Waals surface area (Å²) in [5.74, 6) is -3.79. The van der Waals surface area contributed by atoms with Gasteiger partial charge in [-0.3, -0.25) is 0 Å². The second kappa shape index (κ2) is 5.16. The molecule has 0 aliphatic heterocycles. The van der Waals surface area contributed by atoms with E-state index in [9.17, 15) is 18.3 Å². The molecule has 4 heteroatoms. The highest BCUT2D eigenvalue weighted by molar-refractivity contribution is 5.20. The standard InChI is InChI=1S/C11H13F3O/c1-2-8(15)5-3-7-4-6-9(12)11(14)10(7)13/h4,6,8,15H,2-3,5H2,1H3. The molecule has 1 N–H and O–H groups in total. The van der Waals surface area contributed by atoms with Crippen LogP contribution in [0.15, 0.2) is 12.1 Å². The molecule has 15 heavy (non-hydrogen) atoms. The van der Waals surface area contributed by atoms with E-state index in [4.69, 9.17) is 0 Å². The van der Waals surface area contributed by atoms with E-state index in [0.717, 1.165) is 6.07 Å². The van der Waals surface area contributed by atoms with E-state index in [-0.39, 0.29) is 12.0 Å². The highest BCUT2D eigenvalue weighted by Crippen LogP contribution is 2.17. The minimum Gasteiger partial charge on any atom is -0.393 e. The Bertz CT molecular complexity index is 339. The molecule has 1 aromatic rings. The van der Waals surface area contributed by atoms with Gasteiger partial charge in [-0.05, 0) is 30.9 Å². The van der Waals surface area contributed by atoms with E-state index >= 15 is 0 Å². The zero-order valence-electron chi connectivity index (χ0n) is 8.43. The Morgan fingerprint density at radius 3 is 2.47 bits per heavy atom. The first-order valence-electron chi connectivity index (χ1n) is 4.86. The van der Waals surface area contributed by atoms with Gasteiger partial charge in [0, 0.05) is 0 Å². The van der Waals surface area contributed by atoms with Crippen LogP contribution in [0.4, 0.5) is 13.2 Å². The van der Waals surface area contributed by atoms with Crippen LogP contribution in [-0.2, 0) is 6.42 Å². The average molecular weight is 218 g/mol.